The van der Waals surface area contributed by atoms with Crippen molar-refractivity contribution in [2.24, 2.45) is 11.7 Å². The van der Waals surface area contributed by atoms with Gasteiger partial charge in [0.1, 0.15) is 0 Å². The van der Waals surface area contributed by atoms with E-state index in [1.165, 1.54) is 6.07 Å². The number of nitrogens with two attached hydrogens (primary N) is 1. The van der Waals surface area contributed by atoms with Crippen LogP contribution in [0.4, 0.5) is 5.82 Å². The second-order valence-corrected chi connectivity index (χ2v) is 6.07. The molecule has 0 unspecified atom stereocenters. The molecule has 0 bridgehead atoms. The quantitative estimate of drug-likeness (QED) is 0.888. The van der Waals surface area contributed by atoms with Gasteiger partial charge in [0.05, 0.1) is 12.2 Å². The fraction of sp³-hybridized carbons (Fsp3) is 0.375. The van der Waals surface area contributed by atoms with Crippen LogP contribution < -0.4 is 15.4 Å². The zero-order chi connectivity index (χ0) is 16.9. The number of hydrogen-bond acceptors (Lipinski definition) is 6. The zero-order valence-corrected chi connectivity index (χ0v) is 13.8. The molecular formula is C16H18ClN5O2. The lowest BCUT2D eigenvalue weighted by molar-refractivity contribution is 0.1000. The summed E-state index contributed by atoms with van der Waals surface area (Å²) in [6, 6.07) is 7.06. The molecule has 3 rings (SSSR count). The molecule has 1 aliphatic heterocycles. The van der Waals surface area contributed by atoms with Crippen molar-refractivity contribution < 1.29 is 9.53 Å². The molecule has 7 nitrogen and oxygen atoms in total. The van der Waals surface area contributed by atoms with Crippen molar-refractivity contribution in [3.63, 3.8) is 0 Å². The molecule has 24 heavy (non-hydrogen) atoms. The predicted octanol–water partition coefficient (Wildman–Crippen LogP) is 1.92. The number of hydrogen-bond donors (Lipinski definition) is 1. The molecule has 8 heteroatoms. The van der Waals surface area contributed by atoms with E-state index in [4.69, 9.17) is 22.1 Å². The number of carbonyl (C=O) groups excluding carboxylic acids is 1. The minimum Gasteiger partial charge on any atom is -0.477 e. The van der Waals surface area contributed by atoms with Gasteiger partial charge in [-0.25, -0.2) is 4.98 Å². The molecule has 1 saturated heterocycles. The van der Waals surface area contributed by atoms with Crippen molar-refractivity contribution in [2.45, 2.75) is 12.8 Å². The Hall–Kier alpha value is -2.41. The number of aromatic nitrogens is 3. The monoisotopic (exact) mass is 347 g/mol. The van der Waals surface area contributed by atoms with Crippen molar-refractivity contribution in [3.8, 4) is 5.88 Å². The number of anilines is 1. The average molecular weight is 348 g/mol. The zero-order valence-electron chi connectivity index (χ0n) is 13.1. The third-order valence-electron chi connectivity index (χ3n) is 4.03. The lowest BCUT2D eigenvalue weighted by Crippen LogP contribution is -2.37. The van der Waals surface area contributed by atoms with E-state index in [-0.39, 0.29) is 5.15 Å². The number of halogens is 1. The summed E-state index contributed by atoms with van der Waals surface area (Å²) in [5.74, 6) is 1.01. The van der Waals surface area contributed by atoms with E-state index in [0.29, 0.717) is 29.8 Å². The molecule has 1 amide bonds. The van der Waals surface area contributed by atoms with E-state index in [1.54, 1.807) is 6.20 Å². The smallest absolute Gasteiger partial charge is 0.252 e. The average Bonchev–Trinajstić information content (AvgIpc) is 2.61. The first-order valence-corrected chi connectivity index (χ1v) is 8.13. The number of primary amides is 1. The maximum Gasteiger partial charge on any atom is 0.252 e. The molecular weight excluding hydrogens is 330 g/mol. The van der Waals surface area contributed by atoms with Crippen molar-refractivity contribution >= 4 is 23.3 Å². The molecule has 2 N–H and O–H groups in total. The Morgan fingerprint density at radius 1 is 1.33 bits per heavy atom. The highest BCUT2D eigenvalue weighted by molar-refractivity contribution is 6.29. The number of carbonyl (C=O) groups is 1. The Bertz CT molecular complexity index is 705. The molecule has 2 aromatic rings. The summed E-state index contributed by atoms with van der Waals surface area (Å²) in [5.41, 5.74) is 5.71. The largest absolute Gasteiger partial charge is 0.477 e. The lowest BCUT2D eigenvalue weighted by atomic mass is 9.97. The van der Waals surface area contributed by atoms with Crippen molar-refractivity contribution in [1.29, 1.82) is 0 Å². The summed E-state index contributed by atoms with van der Waals surface area (Å²) in [4.78, 5) is 17.7. The normalized spacial score (nSPS) is 15.3. The van der Waals surface area contributed by atoms with Crippen LogP contribution in [-0.4, -0.2) is 40.8 Å². The van der Waals surface area contributed by atoms with Gasteiger partial charge in [-0.1, -0.05) is 17.7 Å². The number of rotatable bonds is 5. The van der Waals surface area contributed by atoms with Gasteiger partial charge in [-0.15, -0.1) is 10.2 Å². The predicted molar refractivity (Wildman–Crippen MR) is 90.2 cm³/mol. The molecule has 0 aliphatic carbocycles. The van der Waals surface area contributed by atoms with Gasteiger partial charge < -0.3 is 15.4 Å². The first-order valence-electron chi connectivity index (χ1n) is 7.75. The molecule has 1 fully saturated rings. The molecule has 0 radical (unpaired) electrons. The van der Waals surface area contributed by atoms with E-state index < -0.39 is 5.91 Å². The second-order valence-electron chi connectivity index (χ2n) is 5.68. The van der Waals surface area contributed by atoms with Crippen molar-refractivity contribution in [3.05, 3.63) is 41.2 Å². The van der Waals surface area contributed by atoms with Gasteiger partial charge in [0, 0.05) is 25.4 Å². The fourth-order valence-electron chi connectivity index (χ4n) is 2.72. The lowest BCUT2D eigenvalue weighted by Gasteiger charge is -2.32. The van der Waals surface area contributed by atoms with E-state index in [9.17, 15) is 4.79 Å². The van der Waals surface area contributed by atoms with Gasteiger partial charge in [0.25, 0.3) is 5.91 Å². The highest BCUT2D eigenvalue weighted by Crippen LogP contribution is 2.25. The Labute approximate surface area is 144 Å². The third kappa shape index (κ3) is 3.91. The number of ether oxygens (including phenoxy) is 1. The van der Waals surface area contributed by atoms with Gasteiger partial charge in [-0.3, -0.25) is 4.79 Å². The molecule has 3 heterocycles. The van der Waals surface area contributed by atoms with Gasteiger partial charge in [-0.05, 0) is 30.9 Å². The van der Waals surface area contributed by atoms with Crippen LogP contribution in [0.25, 0.3) is 0 Å². The van der Waals surface area contributed by atoms with Crippen LogP contribution in [0.5, 0.6) is 5.88 Å². The SMILES string of the molecule is NC(=O)c1cc(Cl)nnc1N1CCC(COc2ccccn2)CC1. The Kier molecular flexibility index (Phi) is 5.10. The van der Waals surface area contributed by atoms with E-state index in [1.807, 2.05) is 23.1 Å². The summed E-state index contributed by atoms with van der Waals surface area (Å²) in [5, 5.41) is 8.03. The summed E-state index contributed by atoms with van der Waals surface area (Å²) >= 11 is 5.80. The second kappa shape index (κ2) is 7.44. The summed E-state index contributed by atoms with van der Waals surface area (Å²) in [6.07, 6.45) is 3.56. The molecule has 0 spiro atoms. The van der Waals surface area contributed by atoms with Gasteiger partial charge in [0.15, 0.2) is 11.0 Å². The molecule has 0 saturated carbocycles. The first-order chi connectivity index (χ1) is 11.6. The molecule has 0 aromatic carbocycles. The maximum atomic E-state index is 11.6. The minimum atomic E-state index is -0.553. The summed E-state index contributed by atoms with van der Waals surface area (Å²) in [7, 11) is 0. The fourth-order valence-corrected chi connectivity index (χ4v) is 2.87. The van der Waals surface area contributed by atoms with Crippen LogP contribution in [-0.2, 0) is 0 Å². The number of nitrogens with zero attached hydrogens (tertiary/aromatic N) is 4. The van der Waals surface area contributed by atoms with Crippen LogP contribution in [0.3, 0.4) is 0 Å². The van der Waals surface area contributed by atoms with Crippen LogP contribution in [0.2, 0.25) is 5.15 Å². The molecule has 0 atom stereocenters. The minimum absolute atomic E-state index is 0.159. The molecule has 2 aromatic heterocycles. The van der Waals surface area contributed by atoms with E-state index >= 15 is 0 Å². The van der Waals surface area contributed by atoms with Crippen LogP contribution in [0.15, 0.2) is 30.5 Å². The van der Waals surface area contributed by atoms with Crippen molar-refractivity contribution in [2.75, 3.05) is 24.6 Å². The van der Waals surface area contributed by atoms with Crippen LogP contribution >= 0.6 is 11.6 Å². The first kappa shape index (κ1) is 16.4. The van der Waals surface area contributed by atoms with Gasteiger partial charge >= 0.3 is 0 Å². The van der Waals surface area contributed by atoms with Gasteiger partial charge in [-0.2, -0.15) is 0 Å². The molecule has 126 valence electrons. The Morgan fingerprint density at radius 3 is 2.79 bits per heavy atom. The summed E-state index contributed by atoms with van der Waals surface area (Å²) < 4.78 is 5.71. The summed E-state index contributed by atoms with van der Waals surface area (Å²) in [6.45, 7) is 2.14. The van der Waals surface area contributed by atoms with Crippen LogP contribution in [0, 0.1) is 5.92 Å². The topological polar surface area (TPSA) is 94.2 Å². The number of piperidine rings is 1. The standard InChI is InChI=1S/C16H18ClN5O2/c17-13-9-12(15(18)23)16(21-20-13)22-7-4-11(5-8-22)10-24-14-3-1-2-6-19-14/h1-3,6,9,11H,4-5,7-8,10H2,(H2,18,23). The van der Waals surface area contributed by atoms with E-state index in [0.717, 1.165) is 25.9 Å². The maximum absolute atomic E-state index is 11.6. The van der Waals surface area contributed by atoms with Crippen LogP contribution in [0.1, 0.15) is 23.2 Å². The molecule has 1 aliphatic rings. The number of amides is 1. The highest BCUT2D eigenvalue weighted by atomic mass is 35.5. The van der Waals surface area contributed by atoms with E-state index in [2.05, 4.69) is 15.2 Å². The van der Waals surface area contributed by atoms with Gasteiger partial charge in [0.2, 0.25) is 5.88 Å². The number of pyridine rings is 1. The highest BCUT2D eigenvalue weighted by Gasteiger charge is 2.24. The Balaban J connectivity index is 1.58. The van der Waals surface area contributed by atoms with Crippen molar-refractivity contribution in [1.82, 2.24) is 15.2 Å². The Morgan fingerprint density at radius 2 is 2.12 bits per heavy atom. The third-order valence-corrected chi connectivity index (χ3v) is 4.21.